The second-order valence-corrected chi connectivity index (χ2v) is 37.3. The van der Waals surface area contributed by atoms with Gasteiger partial charge in [-0.1, -0.05) is 46.8 Å². The van der Waals surface area contributed by atoms with E-state index in [0.717, 1.165) is 0 Å². The Morgan fingerprint density at radius 3 is 1.42 bits per heavy atom. The van der Waals surface area contributed by atoms with Crippen molar-refractivity contribution in [1.82, 2.24) is 35.0 Å². The Labute approximate surface area is 710 Å². The number of esters is 2. The topological polar surface area (TPSA) is 455 Å². The maximum Gasteiger partial charge on any atom is 0.311 e. The van der Waals surface area contributed by atoms with Gasteiger partial charge in [0.2, 0.25) is 0 Å². The number of anilines is 1. The molecule has 0 saturated carbocycles. The summed E-state index contributed by atoms with van der Waals surface area (Å²) in [5.41, 5.74) is -7.58. The van der Waals surface area contributed by atoms with Gasteiger partial charge < -0.3 is 128 Å². The number of benzene rings is 1. The molecule has 1 aromatic carbocycles. The van der Waals surface area contributed by atoms with Crippen LogP contribution in [-0.2, 0) is 79.5 Å². The SMILES string of the molecule is CC[C@H]1OC(=O)[C@H](C)[C@@H](O[C@H]2C[C@@](C)(OC)[C@@H](O)[C@H](C)O2)[C@H](C)[C@@H](O[C@@H]2O[C@H](C)C[C@H](N(C)CCn3cc(CNc4ccc([N+](=O)[O-])cc4)nn3)[C@H]2O)[C@](C)(O)C[C@@H](C)CN(C)[C@H](C)[C@@H](O)[C@]1(C)O.CC[C@H]1OC(=O)[C@H](C)[C@@H](O[C@H]2C[C@@](C)(OC)[C@@H](O)[C@H](C)O2)[C@H](C)[C@@H](O[C@@H]2O[C@H](C)C[C@H](NC)[C@H]2O)[C@](C)(O)C[C@@H](C)CN(C)[C@H](C)[C@@H](O)[C@]1(C)O. The molecule has 0 spiro atoms. The number of nitrogens with zero attached hydrogens (tertiary/aromatic N) is 7. The largest absolute Gasteiger partial charge is 0.459 e. The van der Waals surface area contributed by atoms with Crippen molar-refractivity contribution in [1.29, 1.82) is 0 Å². The molecule has 6 aliphatic rings. The van der Waals surface area contributed by atoms with Gasteiger partial charge in [-0.2, -0.15) is 0 Å². The van der Waals surface area contributed by atoms with E-state index in [-0.39, 0.29) is 74.3 Å². The normalized spacial score (nSPS) is 44.4. The van der Waals surface area contributed by atoms with E-state index in [1.54, 1.807) is 120 Å². The highest BCUT2D eigenvalue weighted by atomic mass is 16.7. The van der Waals surface area contributed by atoms with Crippen LogP contribution in [-0.4, -0.2) is 340 Å². The molecule has 36 atom stereocenters. The number of rotatable bonds is 21. The average Bonchev–Trinajstić information content (AvgIpc) is 1.12. The lowest BCUT2D eigenvalue weighted by molar-refractivity contribution is -0.384. The number of cyclic esters (lactones) is 2. The predicted octanol–water partition coefficient (Wildman–Crippen LogP) is 4.64. The fourth-order valence-corrected chi connectivity index (χ4v) is 19.0. The Balaban J connectivity index is 0.000000346. The molecule has 0 unspecified atom stereocenters. The second-order valence-electron chi connectivity index (χ2n) is 37.3. The van der Waals surface area contributed by atoms with Crippen LogP contribution in [0.2, 0.25) is 0 Å². The van der Waals surface area contributed by atoms with E-state index in [1.807, 2.05) is 70.5 Å². The smallest absolute Gasteiger partial charge is 0.311 e. The summed E-state index contributed by atoms with van der Waals surface area (Å²) in [6.07, 6.45) is -15.7. The van der Waals surface area contributed by atoms with Crippen LogP contribution in [0, 0.1) is 45.6 Å². The fourth-order valence-electron chi connectivity index (χ4n) is 19.0. The Bertz CT molecular complexity index is 3500. The van der Waals surface area contributed by atoms with Crippen molar-refractivity contribution in [3.63, 3.8) is 0 Å². The number of nitrogens with one attached hydrogen (secondary N) is 2. The quantitative estimate of drug-likeness (QED) is 0.0460. The van der Waals surface area contributed by atoms with Gasteiger partial charge in [0, 0.05) is 101 Å². The summed E-state index contributed by atoms with van der Waals surface area (Å²) in [4.78, 5) is 45.0. The molecule has 8 rings (SSSR count). The van der Waals surface area contributed by atoms with Gasteiger partial charge in [-0.3, -0.25) is 29.3 Å². The molecule has 0 aliphatic carbocycles. The third kappa shape index (κ3) is 24.9. The monoisotopic (exact) mass is 1710 g/mol. The molecule has 0 radical (unpaired) electrons. The minimum Gasteiger partial charge on any atom is -0.459 e. The Kier molecular flexibility index (Phi) is 36.7. The van der Waals surface area contributed by atoms with E-state index < -0.39 is 203 Å². The highest BCUT2D eigenvalue weighted by Crippen LogP contribution is 2.44. The predicted molar refractivity (Wildman–Crippen MR) is 443 cm³/mol. The molecule has 0 amide bonds. The number of likely N-dealkylation sites (N-methyl/N-ethyl adjacent to an activating group) is 4. The Morgan fingerprint density at radius 2 is 1.02 bits per heavy atom. The number of hydrogen-bond acceptors (Lipinski definition) is 33. The summed E-state index contributed by atoms with van der Waals surface area (Å²) in [5.74, 6) is -5.42. The summed E-state index contributed by atoms with van der Waals surface area (Å²) >= 11 is 0. The zero-order valence-electron chi connectivity index (χ0n) is 76.0. The number of carbonyl (C=O) groups excluding carboxylic acids is 2. The Morgan fingerprint density at radius 1 is 0.600 bits per heavy atom. The molecule has 6 aliphatic heterocycles. The first kappa shape index (κ1) is 103. The summed E-state index contributed by atoms with van der Waals surface area (Å²) in [6.45, 7) is 37.1. The molecule has 6 fully saturated rings. The third-order valence-electron chi connectivity index (χ3n) is 26.9. The summed E-state index contributed by atoms with van der Waals surface area (Å²) in [6, 6.07) is 4.21. The van der Waals surface area contributed by atoms with Gasteiger partial charge in [0.15, 0.2) is 25.2 Å². The number of nitro benzene ring substituents is 1. The van der Waals surface area contributed by atoms with E-state index >= 15 is 0 Å². The Hall–Kier alpha value is -4.46. The number of aromatic nitrogens is 3. The van der Waals surface area contributed by atoms with E-state index in [0.29, 0.717) is 56.9 Å². The van der Waals surface area contributed by atoms with Crippen molar-refractivity contribution in [2.75, 3.05) is 67.4 Å². The molecule has 692 valence electrons. The number of aliphatic hydroxyl groups is 10. The van der Waals surface area contributed by atoms with Crippen LogP contribution in [0.25, 0.3) is 0 Å². The first-order chi connectivity index (χ1) is 55.8. The number of methoxy groups -OCH3 is 2. The molecule has 2 aromatic rings. The number of carbonyl (C=O) groups is 2. The standard InChI is InChI=1S/C48H81N7O14.C37H70N2O12/c1-14-37-48(10,61)41(57)31(6)53(12)25-27(2)22-46(8,60)43(29(4)40(30(5)44(59)67-37)68-38-23-47(9,64-13)42(58)32(7)66-38)69-45-39(56)36(21-28(3)65-45)52(11)19-20-54-26-34(50-51-54)24-49-33-15-17-35(18-16-33)55(62)63;1-14-26-37(10,45)30(41)23(6)39(12)18-19(2)16-35(8,44)32(51-34-28(40)25(38-11)15-20(3)47-34)21(4)29(22(5)33(43)49-26)50-27-17-36(9,46-13)31(42)24(7)48-27/h15-18,26-32,36-43,45,49,56-58,60-61H,14,19-25H2,1-13H3;19-32,34,38,40-42,44-45H,14-18H2,1-13H3/t27-,28-,29+,30-,31-,32+,36+,37-,38+,39-,40+,41-,42+,43-,45+,46-,47-,48-;19-,20-,21+,22-,23-,24+,25+,26-,27+,28-,29+,30-,31+,32-,34+,35-,36-,37-/m11/s1. The van der Waals surface area contributed by atoms with Crippen molar-refractivity contribution in [3.8, 4) is 0 Å². The van der Waals surface area contributed by atoms with Crippen LogP contribution in [0.3, 0.4) is 0 Å². The summed E-state index contributed by atoms with van der Waals surface area (Å²) in [5, 5.41) is 143. The van der Waals surface area contributed by atoms with Gasteiger partial charge in [-0.25, -0.2) is 0 Å². The lowest BCUT2D eigenvalue weighted by Gasteiger charge is -2.49. The van der Waals surface area contributed by atoms with E-state index in [9.17, 15) is 70.8 Å². The van der Waals surface area contributed by atoms with Crippen LogP contribution < -0.4 is 10.6 Å². The van der Waals surface area contributed by atoms with Crippen molar-refractivity contribution in [3.05, 3.63) is 46.3 Å². The number of hydrogen-bond donors (Lipinski definition) is 12. The number of aliphatic hydroxyl groups excluding tert-OH is 6. The lowest BCUT2D eigenvalue weighted by atomic mass is 9.77. The van der Waals surface area contributed by atoms with Crippen molar-refractivity contribution >= 4 is 23.3 Å². The number of ether oxygens (including phenoxy) is 12. The second kappa shape index (κ2) is 42.9. The highest BCUT2D eigenvalue weighted by Gasteiger charge is 2.57. The van der Waals surface area contributed by atoms with Gasteiger partial charge in [-0.05, 0) is 188 Å². The molecule has 6 saturated heterocycles. The zero-order chi connectivity index (χ0) is 90.1. The lowest BCUT2D eigenvalue weighted by Crippen LogP contribution is -2.61. The molecule has 0 bridgehead atoms. The minimum atomic E-state index is -1.85. The molecule has 12 N–H and O–H groups in total. The van der Waals surface area contributed by atoms with Gasteiger partial charge in [0.05, 0.1) is 107 Å². The van der Waals surface area contributed by atoms with Crippen molar-refractivity contribution in [2.24, 2.45) is 35.5 Å². The molecular formula is C85H151N9O26. The zero-order valence-corrected chi connectivity index (χ0v) is 76.0. The molecule has 35 nitrogen and oxygen atoms in total. The maximum absolute atomic E-state index is 14.5. The highest BCUT2D eigenvalue weighted by molar-refractivity contribution is 5.73. The number of non-ortho nitro benzene ring substituents is 1. The first-order valence-electron chi connectivity index (χ1n) is 43.1. The molecular weight excluding hydrogens is 1560 g/mol. The van der Waals surface area contributed by atoms with Crippen LogP contribution in [0.4, 0.5) is 11.4 Å². The first-order valence-corrected chi connectivity index (χ1v) is 43.1. The van der Waals surface area contributed by atoms with Gasteiger partial charge >= 0.3 is 11.9 Å². The van der Waals surface area contributed by atoms with Crippen LogP contribution in [0.1, 0.15) is 196 Å². The van der Waals surface area contributed by atoms with E-state index in [1.165, 1.54) is 40.2 Å². The van der Waals surface area contributed by atoms with Gasteiger partial charge in [0.25, 0.3) is 5.69 Å². The fraction of sp³-hybridized carbons (Fsp3) is 0.882. The van der Waals surface area contributed by atoms with E-state index in [4.69, 9.17) is 56.8 Å². The average molecular weight is 1720 g/mol. The van der Waals surface area contributed by atoms with Gasteiger partial charge in [-0.15, -0.1) is 5.10 Å². The molecule has 120 heavy (non-hydrogen) atoms. The summed E-state index contributed by atoms with van der Waals surface area (Å²) < 4.78 is 77.2. The van der Waals surface area contributed by atoms with Crippen molar-refractivity contribution in [2.45, 2.75) is 384 Å². The van der Waals surface area contributed by atoms with Crippen molar-refractivity contribution < 1.29 is 122 Å². The molecule has 1 aromatic heterocycles. The molecule has 7 heterocycles. The number of nitro groups is 1. The van der Waals surface area contributed by atoms with Crippen LogP contribution in [0.5, 0.6) is 0 Å². The third-order valence-corrected chi connectivity index (χ3v) is 26.9. The van der Waals surface area contributed by atoms with Crippen LogP contribution in [0.15, 0.2) is 30.5 Å². The minimum absolute atomic E-state index is 0.000887. The summed E-state index contributed by atoms with van der Waals surface area (Å²) in [7, 11) is 10.3. The van der Waals surface area contributed by atoms with Gasteiger partial charge in [0.1, 0.15) is 65.7 Å². The van der Waals surface area contributed by atoms with Crippen LogP contribution >= 0.6 is 0 Å². The molecule has 35 heteroatoms. The maximum atomic E-state index is 14.5. The van der Waals surface area contributed by atoms with E-state index in [2.05, 4.69) is 20.9 Å².